The van der Waals surface area contributed by atoms with Gasteiger partial charge in [-0.3, -0.25) is 0 Å². The van der Waals surface area contributed by atoms with Gasteiger partial charge in [-0.25, -0.2) is 0 Å². The molecule has 2 nitrogen and oxygen atoms in total. The smallest absolute Gasteiger partial charge is 0.0469 e. The number of hydrogen-bond donors (Lipinski definition) is 1. The number of ether oxygens (including phenoxy) is 1. The molecule has 1 unspecified atom stereocenters. The van der Waals surface area contributed by atoms with Crippen molar-refractivity contribution in [2.45, 2.75) is 44.6 Å². The van der Waals surface area contributed by atoms with E-state index in [9.17, 15) is 0 Å². The van der Waals surface area contributed by atoms with Crippen LogP contribution in [0.15, 0.2) is 0 Å². The van der Waals surface area contributed by atoms with E-state index >= 15 is 0 Å². The lowest BCUT2D eigenvalue weighted by molar-refractivity contribution is 0.0571. The Kier molecular flexibility index (Phi) is 3.23. The van der Waals surface area contributed by atoms with Crippen LogP contribution in [-0.2, 0) is 4.74 Å². The summed E-state index contributed by atoms with van der Waals surface area (Å²) in [5.74, 6) is 1.78. The van der Waals surface area contributed by atoms with Crippen molar-refractivity contribution < 1.29 is 4.74 Å². The average Bonchev–Trinajstić information content (AvgIpc) is 2.99. The molecule has 2 rings (SSSR count). The van der Waals surface area contributed by atoms with E-state index in [2.05, 4.69) is 0 Å². The molecule has 0 aromatic carbocycles. The van der Waals surface area contributed by atoms with Gasteiger partial charge in [-0.2, -0.15) is 0 Å². The van der Waals surface area contributed by atoms with E-state index in [1.165, 1.54) is 38.5 Å². The lowest BCUT2D eigenvalue weighted by Gasteiger charge is -2.27. The van der Waals surface area contributed by atoms with Crippen LogP contribution in [0.5, 0.6) is 0 Å². The van der Waals surface area contributed by atoms with Crippen LogP contribution in [0, 0.1) is 11.8 Å². The fraction of sp³-hybridized carbons (Fsp3) is 1.00. The summed E-state index contributed by atoms with van der Waals surface area (Å²) in [6, 6.07) is 0.449. The van der Waals surface area contributed by atoms with Crippen LogP contribution in [0.2, 0.25) is 0 Å². The molecule has 0 spiro atoms. The molecule has 1 saturated heterocycles. The minimum absolute atomic E-state index is 0.449. The molecule has 2 N–H and O–H groups in total. The first kappa shape index (κ1) is 9.47. The van der Waals surface area contributed by atoms with E-state index in [0.29, 0.717) is 6.04 Å². The Hall–Kier alpha value is -0.0800. The number of nitrogens with two attached hydrogens (primary N) is 1. The Bertz CT molecular complexity index is 150. The minimum Gasteiger partial charge on any atom is -0.381 e. The quantitative estimate of drug-likeness (QED) is 0.723. The van der Waals surface area contributed by atoms with Gasteiger partial charge >= 0.3 is 0 Å². The fourth-order valence-electron chi connectivity index (χ4n) is 2.21. The Morgan fingerprint density at radius 2 is 1.85 bits per heavy atom. The molecule has 0 radical (unpaired) electrons. The number of rotatable bonds is 4. The minimum atomic E-state index is 0.449. The van der Waals surface area contributed by atoms with Crippen LogP contribution in [-0.4, -0.2) is 19.3 Å². The molecule has 1 atom stereocenters. The van der Waals surface area contributed by atoms with Crippen molar-refractivity contribution >= 4 is 0 Å². The predicted molar refractivity (Wildman–Crippen MR) is 53.5 cm³/mol. The van der Waals surface area contributed by atoms with Gasteiger partial charge in [-0.1, -0.05) is 12.8 Å². The normalized spacial score (nSPS) is 27.5. The maximum absolute atomic E-state index is 6.17. The largest absolute Gasteiger partial charge is 0.381 e. The van der Waals surface area contributed by atoms with Gasteiger partial charge in [0.2, 0.25) is 0 Å². The lowest BCUT2D eigenvalue weighted by atomic mass is 9.89. The van der Waals surface area contributed by atoms with Gasteiger partial charge in [0.15, 0.2) is 0 Å². The second kappa shape index (κ2) is 4.43. The first-order valence-electron chi connectivity index (χ1n) is 5.69. The summed E-state index contributed by atoms with van der Waals surface area (Å²) in [4.78, 5) is 0. The van der Waals surface area contributed by atoms with Gasteiger partial charge < -0.3 is 10.5 Å². The second-order valence-electron chi connectivity index (χ2n) is 4.63. The summed E-state index contributed by atoms with van der Waals surface area (Å²) in [5, 5.41) is 0. The Labute approximate surface area is 80.8 Å². The molecule has 13 heavy (non-hydrogen) atoms. The molecule has 1 aliphatic heterocycles. The fourth-order valence-corrected chi connectivity index (χ4v) is 2.21. The monoisotopic (exact) mass is 183 g/mol. The van der Waals surface area contributed by atoms with E-state index in [-0.39, 0.29) is 0 Å². The molecular weight excluding hydrogens is 162 g/mol. The summed E-state index contributed by atoms with van der Waals surface area (Å²) >= 11 is 0. The third-order valence-electron chi connectivity index (χ3n) is 3.48. The van der Waals surface area contributed by atoms with Gasteiger partial charge in [-0.15, -0.1) is 0 Å². The highest BCUT2D eigenvalue weighted by molar-refractivity contribution is 4.80. The zero-order chi connectivity index (χ0) is 9.10. The Morgan fingerprint density at radius 1 is 1.15 bits per heavy atom. The molecule has 2 aliphatic rings. The van der Waals surface area contributed by atoms with Crippen molar-refractivity contribution in [2.75, 3.05) is 13.2 Å². The topological polar surface area (TPSA) is 35.2 Å². The Balaban J connectivity index is 1.64. The van der Waals surface area contributed by atoms with Gasteiger partial charge in [-0.05, 0) is 37.5 Å². The highest BCUT2D eigenvalue weighted by atomic mass is 16.5. The third-order valence-corrected chi connectivity index (χ3v) is 3.48. The van der Waals surface area contributed by atoms with Crippen LogP contribution >= 0.6 is 0 Å². The maximum Gasteiger partial charge on any atom is 0.0469 e. The molecule has 0 aromatic rings. The number of hydrogen-bond acceptors (Lipinski definition) is 2. The molecule has 2 heteroatoms. The summed E-state index contributed by atoms with van der Waals surface area (Å²) in [6.45, 7) is 1.86. The van der Waals surface area contributed by atoms with Crippen molar-refractivity contribution in [2.24, 2.45) is 17.6 Å². The SMILES string of the molecule is NC(CCC1CC1)C1CCOCC1. The zero-order valence-electron chi connectivity index (χ0n) is 8.37. The Morgan fingerprint density at radius 3 is 2.46 bits per heavy atom. The van der Waals surface area contributed by atoms with E-state index in [1.54, 1.807) is 0 Å². The summed E-state index contributed by atoms with van der Waals surface area (Å²) in [7, 11) is 0. The molecule has 0 aromatic heterocycles. The lowest BCUT2D eigenvalue weighted by Crippen LogP contribution is -2.34. The molecule has 0 amide bonds. The van der Waals surface area contributed by atoms with Crippen LogP contribution in [0.1, 0.15) is 38.5 Å². The molecule has 1 heterocycles. The summed E-state index contributed by atoms with van der Waals surface area (Å²) < 4.78 is 5.33. The van der Waals surface area contributed by atoms with E-state index in [4.69, 9.17) is 10.5 Å². The molecule has 76 valence electrons. The molecule has 1 aliphatic carbocycles. The van der Waals surface area contributed by atoms with Gasteiger partial charge in [0, 0.05) is 19.3 Å². The molecule has 0 bridgehead atoms. The van der Waals surface area contributed by atoms with Crippen molar-refractivity contribution in [1.29, 1.82) is 0 Å². The van der Waals surface area contributed by atoms with Gasteiger partial charge in [0.25, 0.3) is 0 Å². The molecule has 1 saturated carbocycles. The molecule has 2 fully saturated rings. The van der Waals surface area contributed by atoms with Gasteiger partial charge in [0.05, 0.1) is 0 Å². The van der Waals surface area contributed by atoms with Crippen molar-refractivity contribution in [3.8, 4) is 0 Å². The van der Waals surface area contributed by atoms with Crippen LogP contribution in [0.3, 0.4) is 0 Å². The second-order valence-corrected chi connectivity index (χ2v) is 4.63. The van der Waals surface area contributed by atoms with Crippen LogP contribution in [0.4, 0.5) is 0 Å². The predicted octanol–water partition coefficient (Wildman–Crippen LogP) is 1.93. The zero-order valence-corrected chi connectivity index (χ0v) is 8.37. The van der Waals surface area contributed by atoms with E-state index < -0.39 is 0 Å². The standard InChI is InChI=1S/C11H21NO/c12-11(4-3-9-1-2-9)10-5-7-13-8-6-10/h9-11H,1-8,12H2. The van der Waals surface area contributed by atoms with E-state index in [1.807, 2.05) is 0 Å². The first-order valence-corrected chi connectivity index (χ1v) is 5.69. The van der Waals surface area contributed by atoms with Gasteiger partial charge in [0.1, 0.15) is 0 Å². The van der Waals surface area contributed by atoms with Crippen molar-refractivity contribution in [3.05, 3.63) is 0 Å². The van der Waals surface area contributed by atoms with Crippen LogP contribution in [0.25, 0.3) is 0 Å². The average molecular weight is 183 g/mol. The van der Waals surface area contributed by atoms with Crippen LogP contribution < -0.4 is 5.73 Å². The summed E-state index contributed by atoms with van der Waals surface area (Å²) in [5.41, 5.74) is 6.17. The maximum atomic E-state index is 6.17. The highest BCUT2D eigenvalue weighted by Gasteiger charge is 2.25. The third kappa shape index (κ3) is 2.96. The highest BCUT2D eigenvalue weighted by Crippen LogP contribution is 2.34. The van der Waals surface area contributed by atoms with Crippen molar-refractivity contribution in [1.82, 2.24) is 0 Å². The first-order chi connectivity index (χ1) is 6.36. The van der Waals surface area contributed by atoms with Crippen molar-refractivity contribution in [3.63, 3.8) is 0 Å². The van der Waals surface area contributed by atoms with E-state index in [0.717, 1.165) is 25.0 Å². The molecular formula is C11H21NO. The summed E-state index contributed by atoms with van der Waals surface area (Å²) in [6.07, 6.45) is 7.91.